The number of anilines is 1. The third-order valence-electron chi connectivity index (χ3n) is 5.87. The highest BCUT2D eigenvalue weighted by Crippen LogP contribution is 2.33. The normalized spacial score (nSPS) is 18.8. The number of amides is 1. The number of para-hydroxylation sites is 1. The van der Waals surface area contributed by atoms with Gasteiger partial charge >= 0.3 is 0 Å². The number of benzene rings is 2. The van der Waals surface area contributed by atoms with Gasteiger partial charge in [0.25, 0.3) is 5.56 Å². The van der Waals surface area contributed by atoms with Crippen LogP contribution in [0.1, 0.15) is 29.7 Å². The topological polar surface area (TPSA) is 92.8 Å². The van der Waals surface area contributed by atoms with Crippen molar-refractivity contribution in [1.82, 2.24) is 14.8 Å². The van der Waals surface area contributed by atoms with E-state index in [9.17, 15) is 9.59 Å². The Morgan fingerprint density at radius 3 is 2.66 bits per heavy atom. The first-order chi connectivity index (χ1) is 15.4. The molecule has 9 heteroatoms. The van der Waals surface area contributed by atoms with Crippen molar-refractivity contribution in [2.45, 2.75) is 19.8 Å². The number of nitrogens with zero attached hydrogens (tertiary/aromatic N) is 4. The summed E-state index contributed by atoms with van der Waals surface area (Å²) in [5, 5.41) is 7.95. The van der Waals surface area contributed by atoms with Gasteiger partial charge in [0.2, 0.25) is 5.91 Å². The molecule has 0 fully saturated rings. The standard InChI is InChI=1S/C23H22N6O2S/c1-13-17-11-15(9-10-18(17)24-21(13)30)19-12-32-23(27-26-19)25-20-14(2)28(3)29(22(20)31)16-7-5-4-6-8-16/h4-11,13H,12H2,1-3H3,(H,24,30)(H,25,27)/t13-/m0/s1. The van der Waals surface area contributed by atoms with Crippen molar-refractivity contribution in [3.05, 3.63) is 75.7 Å². The van der Waals surface area contributed by atoms with Gasteiger partial charge in [0, 0.05) is 18.5 Å². The molecule has 0 bridgehead atoms. The van der Waals surface area contributed by atoms with E-state index in [0.29, 0.717) is 16.6 Å². The molecule has 1 atom stereocenters. The molecule has 0 aliphatic carbocycles. The highest BCUT2D eigenvalue weighted by molar-refractivity contribution is 8.14. The van der Waals surface area contributed by atoms with E-state index in [1.807, 2.05) is 69.4 Å². The minimum Gasteiger partial charge on any atom is -0.325 e. The molecule has 8 nitrogen and oxygen atoms in total. The van der Waals surface area contributed by atoms with Crippen LogP contribution in [-0.2, 0) is 11.8 Å². The summed E-state index contributed by atoms with van der Waals surface area (Å²) in [5.74, 6) is 0.461. The van der Waals surface area contributed by atoms with E-state index in [1.54, 1.807) is 9.36 Å². The van der Waals surface area contributed by atoms with Crippen LogP contribution in [0.25, 0.3) is 5.69 Å². The van der Waals surface area contributed by atoms with Gasteiger partial charge in [-0.2, -0.15) is 5.10 Å². The van der Waals surface area contributed by atoms with Crippen molar-refractivity contribution in [3.8, 4) is 5.69 Å². The van der Waals surface area contributed by atoms with Crippen LogP contribution >= 0.6 is 11.8 Å². The second kappa shape index (κ2) is 7.83. The van der Waals surface area contributed by atoms with E-state index < -0.39 is 0 Å². The number of thioether (sulfide) groups is 1. The van der Waals surface area contributed by atoms with Crippen LogP contribution < -0.4 is 16.3 Å². The zero-order valence-corrected chi connectivity index (χ0v) is 18.7. The molecule has 2 N–H and O–H groups in total. The number of hydrazone groups is 1. The third kappa shape index (κ3) is 3.34. The van der Waals surface area contributed by atoms with Crippen LogP contribution in [0.5, 0.6) is 0 Å². The van der Waals surface area contributed by atoms with Crippen molar-refractivity contribution in [1.29, 1.82) is 0 Å². The fraction of sp³-hybridized carbons (Fsp3) is 0.217. The first-order valence-corrected chi connectivity index (χ1v) is 11.3. The molecule has 0 radical (unpaired) electrons. The lowest BCUT2D eigenvalue weighted by Gasteiger charge is -2.15. The Morgan fingerprint density at radius 2 is 1.94 bits per heavy atom. The lowest BCUT2D eigenvalue weighted by molar-refractivity contribution is -0.116. The summed E-state index contributed by atoms with van der Waals surface area (Å²) in [4.78, 5) is 29.6. The molecule has 3 aromatic rings. The number of amidine groups is 1. The number of carbonyl (C=O) groups excluding carboxylic acids is 1. The Labute approximate surface area is 189 Å². The molecule has 1 aromatic heterocycles. The Hall–Kier alpha value is -3.59. The van der Waals surface area contributed by atoms with Crippen molar-refractivity contribution < 1.29 is 4.79 Å². The molecule has 2 aliphatic heterocycles. The monoisotopic (exact) mass is 446 g/mol. The van der Waals surface area contributed by atoms with Crippen molar-refractivity contribution in [3.63, 3.8) is 0 Å². The molecule has 0 saturated heterocycles. The van der Waals surface area contributed by atoms with E-state index in [2.05, 4.69) is 20.8 Å². The number of carbonyl (C=O) groups is 1. The number of hydrogen-bond acceptors (Lipinski definition) is 5. The Kier molecular flexibility index (Phi) is 4.97. The summed E-state index contributed by atoms with van der Waals surface area (Å²) < 4.78 is 3.41. The smallest absolute Gasteiger partial charge is 0.297 e. The van der Waals surface area contributed by atoms with Crippen molar-refractivity contribution in [2.24, 2.45) is 17.1 Å². The zero-order valence-electron chi connectivity index (χ0n) is 17.9. The number of fused-ring (bicyclic) bond motifs is 1. The first-order valence-electron chi connectivity index (χ1n) is 10.3. The van der Waals surface area contributed by atoms with Gasteiger partial charge in [-0.05, 0) is 49.2 Å². The van der Waals surface area contributed by atoms with Crippen LogP contribution in [-0.4, -0.2) is 31.9 Å². The van der Waals surface area contributed by atoms with Gasteiger partial charge in [-0.25, -0.2) is 9.67 Å². The maximum absolute atomic E-state index is 13.1. The van der Waals surface area contributed by atoms with Crippen LogP contribution in [0.2, 0.25) is 0 Å². The predicted octanol–water partition coefficient (Wildman–Crippen LogP) is 3.27. The summed E-state index contributed by atoms with van der Waals surface area (Å²) in [7, 11) is 1.85. The Balaban J connectivity index is 1.42. The van der Waals surface area contributed by atoms with Crippen LogP contribution in [0, 0.1) is 6.92 Å². The first kappa shape index (κ1) is 20.3. The van der Waals surface area contributed by atoms with E-state index >= 15 is 0 Å². The number of aromatic nitrogens is 2. The molecule has 3 heterocycles. The molecule has 0 spiro atoms. The summed E-state index contributed by atoms with van der Waals surface area (Å²) in [6.07, 6.45) is 0. The van der Waals surface area contributed by atoms with Gasteiger partial charge in [0.15, 0.2) is 10.9 Å². The molecular formula is C23H22N6O2S. The van der Waals surface area contributed by atoms with Gasteiger partial charge in [-0.15, -0.1) is 0 Å². The Morgan fingerprint density at radius 1 is 1.16 bits per heavy atom. The zero-order chi connectivity index (χ0) is 22.4. The minimum absolute atomic E-state index is 0.0176. The van der Waals surface area contributed by atoms with Crippen molar-refractivity contribution >= 4 is 39.9 Å². The second-order valence-corrected chi connectivity index (χ2v) is 8.76. The van der Waals surface area contributed by atoms with Gasteiger partial charge in [-0.1, -0.05) is 36.0 Å². The molecule has 5 rings (SSSR count). The summed E-state index contributed by atoms with van der Waals surface area (Å²) in [6, 6.07) is 15.4. The molecular weight excluding hydrogens is 424 g/mol. The quantitative estimate of drug-likeness (QED) is 0.646. The van der Waals surface area contributed by atoms with Gasteiger partial charge < -0.3 is 5.32 Å². The average Bonchev–Trinajstić information content (AvgIpc) is 3.21. The SMILES string of the molecule is Cc1c(N=C2NN=C(c3ccc4c(c3)[C@H](C)C(=O)N4)CS2)c(=O)n(-c2ccccc2)n1C. The number of nitrogens with one attached hydrogen (secondary N) is 2. The molecule has 2 aromatic carbocycles. The maximum atomic E-state index is 13.1. The number of aliphatic imine (C=N–C) groups is 1. The number of hydrogen-bond donors (Lipinski definition) is 2. The van der Waals surface area contributed by atoms with Gasteiger partial charge in [-0.3, -0.25) is 19.7 Å². The summed E-state index contributed by atoms with van der Waals surface area (Å²) in [5.41, 5.74) is 8.45. The highest BCUT2D eigenvalue weighted by atomic mass is 32.2. The Bertz CT molecular complexity index is 1350. The second-order valence-electron chi connectivity index (χ2n) is 7.80. The van der Waals surface area contributed by atoms with Gasteiger partial charge in [0.1, 0.15) is 0 Å². The van der Waals surface area contributed by atoms with Gasteiger partial charge in [0.05, 0.1) is 23.0 Å². The lowest BCUT2D eigenvalue weighted by Crippen LogP contribution is -2.25. The highest BCUT2D eigenvalue weighted by Gasteiger charge is 2.27. The van der Waals surface area contributed by atoms with E-state index in [1.165, 1.54) is 11.8 Å². The van der Waals surface area contributed by atoms with E-state index in [-0.39, 0.29) is 17.4 Å². The molecule has 162 valence electrons. The third-order valence-corrected chi connectivity index (χ3v) is 6.75. The predicted molar refractivity (Wildman–Crippen MR) is 128 cm³/mol. The average molecular weight is 447 g/mol. The minimum atomic E-state index is -0.175. The van der Waals surface area contributed by atoms with Crippen LogP contribution in [0.15, 0.2) is 63.4 Å². The van der Waals surface area contributed by atoms with E-state index in [4.69, 9.17) is 0 Å². The lowest BCUT2D eigenvalue weighted by atomic mass is 9.99. The molecule has 32 heavy (non-hydrogen) atoms. The van der Waals surface area contributed by atoms with Crippen LogP contribution in [0.3, 0.4) is 0 Å². The summed E-state index contributed by atoms with van der Waals surface area (Å²) in [6.45, 7) is 3.78. The number of rotatable bonds is 3. The summed E-state index contributed by atoms with van der Waals surface area (Å²) >= 11 is 1.49. The molecule has 1 amide bonds. The maximum Gasteiger partial charge on any atom is 0.297 e. The molecule has 0 saturated carbocycles. The van der Waals surface area contributed by atoms with Crippen LogP contribution in [0.4, 0.5) is 11.4 Å². The fourth-order valence-electron chi connectivity index (χ4n) is 3.90. The largest absolute Gasteiger partial charge is 0.325 e. The molecule has 2 aliphatic rings. The van der Waals surface area contributed by atoms with Crippen molar-refractivity contribution in [2.75, 3.05) is 11.1 Å². The van der Waals surface area contributed by atoms with E-state index in [0.717, 1.165) is 33.9 Å². The molecule has 0 unspecified atom stereocenters. The fourth-order valence-corrected chi connectivity index (χ4v) is 4.67.